The summed E-state index contributed by atoms with van der Waals surface area (Å²) >= 11 is 0. The number of terminal acetylenes is 1. The van der Waals surface area contributed by atoms with Crippen molar-refractivity contribution in [2.45, 2.75) is 19.0 Å². The average Bonchev–Trinajstić information content (AvgIpc) is 2.64. The van der Waals surface area contributed by atoms with Crippen LogP contribution in [0.2, 0.25) is 0 Å². The number of nitrogens with two attached hydrogens (primary N) is 1. The molecular weight excluding hydrogens is 233 g/mol. The van der Waals surface area contributed by atoms with E-state index in [1.165, 1.54) is 11.0 Å². The number of benzene rings is 1. The molecule has 4 nitrogen and oxygen atoms in total. The third-order valence-corrected chi connectivity index (χ3v) is 2.86. The van der Waals surface area contributed by atoms with Crippen LogP contribution in [0.3, 0.4) is 0 Å². The van der Waals surface area contributed by atoms with Crippen LogP contribution in [0.15, 0.2) is 29.3 Å². The Hall–Kier alpha value is -2.35. The first-order valence-corrected chi connectivity index (χ1v) is 5.43. The molecule has 2 atom stereocenters. The fraction of sp³-hybridized carbons (Fsp3) is 0.231. The predicted molar refractivity (Wildman–Crippen MR) is 66.3 cm³/mol. The Labute approximate surface area is 104 Å². The molecule has 0 radical (unpaired) electrons. The van der Waals surface area contributed by atoms with Crippen LogP contribution in [0.25, 0.3) is 0 Å². The van der Waals surface area contributed by atoms with Crippen LogP contribution in [0.4, 0.5) is 9.18 Å². The number of amides is 2. The molecule has 2 amide bonds. The maximum absolute atomic E-state index is 13.8. The smallest absolute Gasteiger partial charge is 0.347 e. The van der Waals surface area contributed by atoms with Gasteiger partial charge in [-0.1, -0.05) is 24.1 Å². The van der Waals surface area contributed by atoms with Gasteiger partial charge in [0.15, 0.2) is 0 Å². The summed E-state index contributed by atoms with van der Waals surface area (Å²) in [6.07, 6.45) is 5.31. The summed E-state index contributed by atoms with van der Waals surface area (Å²) in [5.74, 6) is 2.05. The SMILES string of the molecule is C#CC(C)N1C(=O)N=C(N)C1c1ccccc1F. The van der Waals surface area contributed by atoms with E-state index in [1.807, 2.05) is 0 Å². The van der Waals surface area contributed by atoms with Gasteiger partial charge in [0.05, 0.1) is 6.04 Å². The van der Waals surface area contributed by atoms with E-state index in [2.05, 4.69) is 10.9 Å². The van der Waals surface area contributed by atoms with E-state index in [0.717, 1.165) is 0 Å². The van der Waals surface area contributed by atoms with Crippen LogP contribution in [0, 0.1) is 18.2 Å². The zero-order valence-electron chi connectivity index (χ0n) is 9.80. The van der Waals surface area contributed by atoms with Gasteiger partial charge in [0.25, 0.3) is 0 Å². The van der Waals surface area contributed by atoms with E-state index in [0.29, 0.717) is 5.56 Å². The monoisotopic (exact) mass is 245 g/mol. The van der Waals surface area contributed by atoms with E-state index in [4.69, 9.17) is 12.2 Å². The van der Waals surface area contributed by atoms with Gasteiger partial charge in [-0.25, -0.2) is 9.18 Å². The highest BCUT2D eigenvalue weighted by atomic mass is 19.1. The second kappa shape index (κ2) is 4.49. The summed E-state index contributed by atoms with van der Waals surface area (Å²) < 4.78 is 13.8. The summed E-state index contributed by atoms with van der Waals surface area (Å²) in [7, 11) is 0. The van der Waals surface area contributed by atoms with Crippen LogP contribution < -0.4 is 5.73 Å². The highest BCUT2D eigenvalue weighted by molar-refractivity contribution is 6.03. The van der Waals surface area contributed by atoms with Gasteiger partial charge >= 0.3 is 6.03 Å². The van der Waals surface area contributed by atoms with Gasteiger partial charge in [-0.2, -0.15) is 4.99 Å². The first kappa shape index (κ1) is 12.1. The number of amidine groups is 1. The Morgan fingerprint density at radius 2 is 2.22 bits per heavy atom. The summed E-state index contributed by atoms with van der Waals surface area (Å²) in [5, 5.41) is 0. The van der Waals surface area contributed by atoms with Crippen molar-refractivity contribution in [2.24, 2.45) is 10.7 Å². The Balaban J connectivity index is 2.48. The second-order valence-electron chi connectivity index (χ2n) is 3.99. The molecule has 0 bridgehead atoms. The Bertz CT molecular complexity index is 562. The Kier molecular flexibility index (Phi) is 3.02. The lowest BCUT2D eigenvalue weighted by molar-refractivity contribution is 0.198. The number of carbonyl (C=O) groups is 1. The van der Waals surface area contributed by atoms with Crippen molar-refractivity contribution < 1.29 is 9.18 Å². The van der Waals surface area contributed by atoms with Gasteiger partial charge in [0, 0.05) is 5.56 Å². The van der Waals surface area contributed by atoms with Crippen LogP contribution in [0.1, 0.15) is 18.5 Å². The molecule has 0 fully saturated rings. The molecule has 18 heavy (non-hydrogen) atoms. The molecule has 0 aliphatic carbocycles. The summed E-state index contributed by atoms with van der Waals surface area (Å²) in [5.41, 5.74) is 6.00. The predicted octanol–water partition coefficient (Wildman–Crippen LogP) is 1.68. The lowest BCUT2D eigenvalue weighted by Crippen LogP contribution is -2.39. The van der Waals surface area contributed by atoms with Gasteiger partial charge in [0.2, 0.25) is 0 Å². The molecule has 1 aromatic carbocycles. The fourth-order valence-corrected chi connectivity index (χ4v) is 1.96. The van der Waals surface area contributed by atoms with Gasteiger partial charge in [-0.3, -0.25) is 4.90 Å². The molecule has 1 aliphatic rings. The number of hydrogen-bond acceptors (Lipinski definition) is 2. The lowest BCUT2D eigenvalue weighted by atomic mass is 10.0. The fourth-order valence-electron chi connectivity index (χ4n) is 1.96. The van der Waals surface area contributed by atoms with Crippen LogP contribution >= 0.6 is 0 Å². The van der Waals surface area contributed by atoms with Crippen LogP contribution in [-0.4, -0.2) is 22.8 Å². The topological polar surface area (TPSA) is 58.7 Å². The minimum absolute atomic E-state index is 0.0622. The molecule has 5 heteroatoms. The quantitative estimate of drug-likeness (QED) is 0.806. The molecule has 0 spiro atoms. The Morgan fingerprint density at radius 1 is 1.56 bits per heavy atom. The number of aliphatic imine (C=N–C) groups is 1. The maximum Gasteiger partial charge on any atom is 0.347 e. The first-order valence-electron chi connectivity index (χ1n) is 5.43. The highest BCUT2D eigenvalue weighted by Crippen LogP contribution is 2.30. The minimum atomic E-state index is -0.732. The minimum Gasteiger partial charge on any atom is -0.385 e. The zero-order chi connectivity index (χ0) is 13.3. The highest BCUT2D eigenvalue weighted by Gasteiger charge is 2.38. The Morgan fingerprint density at radius 3 is 2.83 bits per heavy atom. The van der Waals surface area contributed by atoms with Gasteiger partial charge in [0.1, 0.15) is 17.7 Å². The van der Waals surface area contributed by atoms with E-state index >= 15 is 0 Å². The molecule has 0 aromatic heterocycles. The van der Waals surface area contributed by atoms with Crippen molar-refractivity contribution in [2.75, 3.05) is 0 Å². The lowest BCUT2D eigenvalue weighted by Gasteiger charge is -2.27. The number of hydrogen-bond donors (Lipinski definition) is 1. The van der Waals surface area contributed by atoms with E-state index in [-0.39, 0.29) is 5.84 Å². The standard InChI is InChI=1S/C13H12FN3O/c1-3-8(2)17-11(12(15)16-13(17)18)9-6-4-5-7-10(9)14/h1,4-8,11H,2H3,(H2,15,16,18). The molecule has 0 saturated carbocycles. The normalized spacial score (nSPS) is 20.5. The van der Waals surface area contributed by atoms with Crippen LogP contribution in [0.5, 0.6) is 0 Å². The molecule has 0 saturated heterocycles. The van der Waals surface area contributed by atoms with Crippen molar-refractivity contribution in [3.63, 3.8) is 0 Å². The summed E-state index contributed by atoms with van der Waals surface area (Å²) in [6.45, 7) is 1.67. The number of nitrogens with zero attached hydrogens (tertiary/aromatic N) is 2. The number of carbonyl (C=O) groups excluding carboxylic acids is 1. The van der Waals surface area contributed by atoms with E-state index in [1.54, 1.807) is 25.1 Å². The van der Waals surface area contributed by atoms with E-state index < -0.39 is 23.9 Å². The molecular formula is C13H12FN3O. The largest absolute Gasteiger partial charge is 0.385 e. The number of urea groups is 1. The van der Waals surface area contributed by atoms with E-state index in [9.17, 15) is 9.18 Å². The molecule has 2 unspecified atom stereocenters. The number of rotatable bonds is 2. The van der Waals surface area contributed by atoms with Crippen molar-refractivity contribution in [3.05, 3.63) is 35.6 Å². The molecule has 1 heterocycles. The molecule has 92 valence electrons. The third-order valence-electron chi connectivity index (χ3n) is 2.86. The van der Waals surface area contributed by atoms with Crippen LogP contribution in [-0.2, 0) is 0 Å². The molecule has 2 N–H and O–H groups in total. The van der Waals surface area contributed by atoms with Gasteiger partial charge in [-0.15, -0.1) is 6.42 Å². The first-order chi connectivity index (χ1) is 8.56. The van der Waals surface area contributed by atoms with Crippen molar-refractivity contribution in [3.8, 4) is 12.3 Å². The third kappa shape index (κ3) is 1.82. The van der Waals surface area contributed by atoms with Crippen molar-refractivity contribution in [1.29, 1.82) is 0 Å². The second-order valence-corrected chi connectivity index (χ2v) is 3.99. The molecule has 1 aliphatic heterocycles. The summed E-state index contributed by atoms with van der Waals surface area (Å²) in [6, 6.07) is 4.34. The molecule has 1 aromatic rings. The van der Waals surface area contributed by atoms with Crippen molar-refractivity contribution in [1.82, 2.24) is 4.90 Å². The van der Waals surface area contributed by atoms with Gasteiger partial charge in [-0.05, 0) is 13.0 Å². The average molecular weight is 245 g/mol. The molecule has 2 rings (SSSR count). The van der Waals surface area contributed by atoms with Gasteiger partial charge < -0.3 is 5.73 Å². The zero-order valence-corrected chi connectivity index (χ0v) is 9.80. The number of halogens is 1. The maximum atomic E-state index is 13.8. The summed E-state index contributed by atoms with van der Waals surface area (Å²) in [4.78, 5) is 16.7. The van der Waals surface area contributed by atoms with Crippen molar-refractivity contribution >= 4 is 11.9 Å².